The highest BCUT2D eigenvalue weighted by Gasteiger charge is 2.09. The Morgan fingerprint density at radius 2 is 1.76 bits per heavy atom. The summed E-state index contributed by atoms with van der Waals surface area (Å²) in [5.41, 5.74) is 1.30. The van der Waals surface area contributed by atoms with Crippen LogP contribution in [0.15, 0.2) is 59.5 Å². The van der Waals surface area contributed by atoms with E-state index in [9.17, 15) is 0 Å². The molecule has 0 spiro atoms. The smallest absolute Gasteiger partial charge is 0.119 e. The average Bonchev–Trinajstić information content (AvgIpc) is 2.55. The van der Waals surface area contributed by atoms with Crippen LogP contribution in [0.3, 0.4) is 0 Å². The zero-order valence-electron chi connectivity index (χ0n) is 12.7. The van der Waals surface area contributed by atoms with Crippen molar-refractivity contribution in [1.29, 1.82) is 0 Å². The Balaban J connectivity index is 1.94. The third-order valence-electron chi connectivity index (χ3n) is 3.26. The molecule has 2 aromatic rings. The first-order valence-corrected chi connectivity index (χ1v) is 8.40. The van der Waals surface area contributed by atoms with Gasteiger partial charge in [-0.2, -0.15) is 0 Å². The Bertz CT molecular complexity index is 513. The lowest BCUT2D eigenvalue weighted by molar-refractivity contribution is 0.317. The highest BCUT2D eigenvalue weighted by atomic mass is 32.2. The summed E-state index contributed by atoms with van der Waals surface area (Å²) < 4.78 is 5.63. The first-order chi connectivity index (χ1) is 10.3. The fourth-order valence-corrected chi connectivity index (χ4v) is 3.13. The van der Waals surface area contributed by atoms with E-state index in [1.807, 2.05) is 18.8 Å². The van der Waals surface area contributed by atoms with Crippen LogP contribution in [0.2, 0.25) is 0 Å². The fraction of sp³-hybridized carbons (Fsp3) is 0.333. The number of hydrogen-bond donors (Lipinski definition) is 1. The van der Waals surface area contributed by atoms with Crippen molar-refractivity contribution < 1.29 is 4.74 Å². The minimum absolute atomic E-state index is 0.343. The normalized spacial score (nSPS) is 12.1. The molecule has 0 bridgehead atoms. The highest BCUT2D eigenvalue weighted by molar-refractivity contribution is 7.99. The van der Waals surface area contributed by atoms with Crippen LogP contribution in [-0.2, 0) is 0 Å². The van der Waals surface area contributed by atoms with E-state index in [2.05, 4.69) is 66.8 Å². The van der Waals surface area contributed by atoms with Crippen molar-refractivity contribution in [3.63, 3.8) is 0 Å². The molecule has 0 radical (unpaired) electrons. The van der Waals surface area contributed by atoms with E-state index < -0.39 is 0 Å². The molecule has 112 valence electrons. The molecule has 0 aromatic heterocycles. The summed E-state index contributed by atoms with van der Waals surface area (Å²) in [6, 6.07) is 19.3. The van der Waals surface area contributed by atoms with Crippen LogP contribution in [0, 0.1) is 0 Å². The van der Waals surface area contributed by atoms with Gasteiger partial charge in [0.1, 0.15) is 5.75 Å². The minimum Gasteiger partial charge on any atom is -0.494 e. The number of rotatable bonds is 8. The van der Waals surface area contributed by atoms with Gasteiger partial charge < -0.3 is 10.1 Å². The first-order valence-electron chi connectivity index (χ1n) is 7.41. The van der Waals surface area contributed by atoms with Gasteiger partial charge in [0.05, 0.1) is 6.61 Å². The third kappa shape index (κ3) is 5.10. The van der Waals surface area contributed by atoms with Crippen LogP contribution in [0.25, 0.3) is 0 Å². The molecule has 0 amide bonds. The topological polar surface area (TPSA) is 21.3 Å². The molecule has 0 saturated heterocycles. The molecular weight excluding hydrogens is 278 g/mol. The van der Waals surface area contributed by atoms with Crippen LogP contribution >= 0.6 is 11.8 Å². The van der Waals surface area contributed by atoms with Gasteiger partial charge in [0.25, 0.3) is 0 Å². The van der Waals surface area contributed by atoms with Crippen molar-refractivity contribution in [2.45, 2.75) is 24.3 Å². The Morgan fingerprint density at radius 3 is 2.38 bits per heavy atom. The zero-order chi connectivity index (χ0) is 14.9. The summed E-state index contributed by atoms with van der Waals surface area (Å²) >= 11 is 1.87. The molecule has 2 aromatic carbocycles. The van der Waals surface area contributed by atoms with Gasteiger partial charge in [0, 0.05) is 16.7 Å². The van der Waals surface area contributed by atoms with E-state index in [-0.39, 0.29) is 0 Å². The van der Waals surface area contributed by atoms with Crippen molar-refractivity contribution in [1.82, 2.24) is 5.32 Å². The maximum Gasteiger partial charge on any atom is 0.119 e. The Morgan fingerprint density at radius 1 is 1.05 bits per heavy atom. The summed E-state index contributed by atoms with van der Waals surface area (Å²) in [4.78, 5) is 1.31. The lowest BCUT2D eigenvalue weighted by atomic mass is 10.1. The Kier molecular flexibility index (Phi) is 6.64. The molecule has 0 heterocycles. The first kappa shape index (κ1) is 15.9. The van der Waals surface area contributed by atoms with Gasteiger partial charge in [0.15, 0.2) is 0 Å². The van der Waals surface area contributed by atoms with Gasteiger partial charge in [0.2, 0.25) is 0 Å². The van der Waals surface area contributed by atoms with Crippen LogP contribution in [0.5, 0.6) is 5.75 Å². The molecule has 3 heteroatoms. The molecule has 1 unspecified atom stereocenters. The molecule has 2 rings (SSSR count). The van der Waals surface area contributed by atoms with E-state index >= 15 is 0 Å². The quantitative estimate of drug-likeness (QED) is 0.724. The maximum absolute atomic E-state index is 5.63. The van der Waals surface area contributed by atoms with Gasteiger partial charge >= 0.3 is 0 Å². The zero-order valence-corrected chi connectivity index (χ0v) is 13.5. The number of ether oxygens (including phenoxy) is 1. The van der Waals surface area contributed by atoms with Crippen molar-refractivity contribution in [3.05, 3.63) is 60.2 Å². The lowest BCUT2D eigenvalue weighted by Gasteiger charge is -2.17. The maximum atomic E-state index is 5.63. The Labute approximate surface area is 131 Å². The van der Waals surface area contributed by atoms with Gasteiger partial charge in [-0.05, 0) is 43.3 Å². The average molecular weight is 301 g/mol. The van der Waals surface area contributed by atoms with Gasteiger partial charge in [-0.15, -0.1) is 11.8 Å². The van der Waals surface area contributed by atoms with Gasteiger partial charge in [-0.25, -0.2) is 0 Å². The standard InChI is InChI=1S/C18H23NOS/c1-3-13-20-16-11-9-15(10-12-16)18(19-2)14-21-17-7-5-4-6-8-17/h4-12,18-19H,3,13-14H2,1-2H3. The molecule has 1 atom stereocenters. The van der Waals surface area contributed by atoms with Crippen LogP contribution in [0.1, 0.15) is 24.9 Å². The number of hydrogen-bond acceptors (Lipinski definition) is 3. The van der Waals surface area contributed by atoms with E-state index in [1.54, 1.807) is 0 Å². The Hall–Kier alpha value is -1.45. The van der Waals surface area contributed by atoms with E-state index in [0.717, 1.165) is 24.5 Å². The summed E-state index contributed by atoms with van der Waals surface area (Å²) in [5, 5.41) is 3.39. The summed E-state index contributed by atoms with van der Waals surface area (Å²) in [6.45, 7) is 2.89. The SMILES string of the molecule is CCCOc1ccc(C(CSc2ccccc2)NC)cc1. The highest BCUT2D eigenvalue weighted by Crippen LogP contribution is 2.25. The molecule has 0 aliphatic rings. The molecule has 0 aliphatic carbocycles. The molecule has 1 N–H and O–H groups in total. The van der Waals surface area contributed by atoms with Crippen LogP contribution < -0.4 is 10.1 Å². The number of benzene rings is 2. The predicted octanol–water partition coefficient (Wildman–Crippen LogP) is 4.53. The second-order valence-electron chi connectivity index (χ2n) is 4.88. The second kappa shape index (κ2) is 8.75. The molecule has 2 nitrogen and oxygen atoms in total. The van der Waals surface area contributed by atoms with Gasteiger partial charge in [-0.3, -0.25) is 0 Å². The second-order valence-corrected chi connectivity index (χ2v) is 5.98. The number of thioether (sulfide) groups is 1. The van der Waals surface area contributed by atoms with Crippen molar-refractivity contribution in [3.8, 4) is 5.75 Å². The lowest BCUT2D eigenvalue weighted by Crippen LogP contribution is -2.18. The van der Waals surface area contributed by atoms with E-state index in [1.165, 1.54) is 10.5 Å². The van der Waals surface area contributed by atoms with Crippen LogP contribution in [-0.4, -0.2) is 19.4 Å². The summed E-state index contributed by atoms with van der Waals surface area (Å²) in [6.07, 6.45) is 1.04. The van der Waals surface area contributed by atoms with Crippen LogP contribution in [0.4, 0.5) is 0 Å². The third-order valence-corrected chi connectivity index (χ3v) is 4.37. The van der Waals surface area contributed by atoms with Crippen molar-refractivity contribution in [2.24, 2.45) is 0 Å². The molecular formula is C18H23NOS. The van der Waals surface area contributed by atoms with Gasteiger partial charge in [-0.1, -0.05) is 37.3 Å². The largest absolute Gasteiger partial charge is 0.494 e. The molecule has 0 fully saturated rings. The number of nitrogens with one attached hydrogen (secondary N) is 1. The minimum atomic E-state index is 0.343. The summed E-state index contributed by atoms with van der Waals surface area (Å²) in [7, 11) is 2.01. The predicted molar refractivity (Wildman–Crippen MR) is 91.2 cm³/mol. The fourth-order valence-electron chi connectivity index (χ4n) is 2.06. The van der Waals surface area contributed by atoms with E-state index in [0.29, 0.717) is 6.04 Å². The molecule has 0 saturated carbocycles. The van der Waals surface area contributed by atoms with E-state index in [4.69, 9.17) is 4.74 Å². The summed E-state index contributed by atoms with van der Waals surface area (Å²) in [5.74, 6) is 1.96. The monoisotopic (exact) mass is 301 g/mol. The van der Waals surface area contributed by atoms with Crippen molar-refractivity contribution >= 4 is 11.8 Å². The molecule has 0 aliphatic heterocycles. The molecule has 21 heavy (non-hydrogen) atoms. The van der Waals surface area contributed by atoms with Crippen molar-refractivity contribution in [2.75, 3.05) is 19.4 Å².